The van der Waals surface area contributed by atoms with E-state index in [4.69, 9.17) is 9.47 Å². The van der Waals surface area contributed by atoms with Gasteiger partial charge in [-0.15, -0.1) is 0 Å². The van der Waals surface area contributed by atoms with Gasteiger partial charge in [0.1, 0.15) is 0 Å². The largest absolute Gasteiger partial charge is 0.465 e. The number of halogens is 2. The Balaban J connectivity index is 1.83. The maximum absolute atomic E-state index is 5.71. The molecule has 0 aromatic heterocycles. The minimum Gasteiger partial charge on any atom is -0.465 e. The van der Waals surface area contributed by atoms with Crippen molar-refractivity contribution in [3.05, 3.63) is 26.6 Å². The molecule has 1 fully saturated rings. The number of benzene rings is 1. The normalized spacial score (nSPS) is 14.7. The molecule has 0 atom stereocenters. The molecule has 21 heavy (non-hydrogen) atoms. The van der Waals surface area contributed by atoms with Gasteiger partial charge < -0.3 is 14.8 Å². The van der Waals surface area contributed by atoms with E-state index in [9.17, 15) is 0 Å². The third kappa shape index (κ3) is 6.27. The van der Waals surface area contributed by atoms with Crippen molar-refractivity contribution in [3.63, 3.8) is 0 Å². The Bertz CT molecular complexity index is 439. The van der Waals surface area contributed by atoms with Crippen LogP contribution in [0.4, 0.5) is 0 Å². The first-order valence-corrected chi connectivity index (χ1v) is 9.04. The van der Waals surface area contributed by atoms with Crippen LogP contribution in [0.5, 0.6) is 5.75 Å². The third-order valence-corrected chi connectivity index (χ3v) is 4.45. The maximum atomic E-state index is 5.71. The van der Waals surface area contributed by atoms with Gasteiger partial charge in [0.2, 0.25) is 0 Å². The molecule has 1 aliphatic carbocycles. The minimum atomic E-state index is 0.304. The molecule has 118 valence electrons. The number of hydrogen-bond donors (Lipinski definition) is 1. The molecular formula is C16H23Br2NO2. The lowest BCUT2D eigenvalue weighted by molar-refractivity contribution is 0.00913. The smallest absolute Gasteiger partial charge is 0.189 e. The Kier molecular flexibility index (Phi) is 6.99. The summed E-state index contributed by atoms with van der Waals surface area (Å²) in [6.07, 6.45) is 2.59. The van der Waals surface area contributed by atoms with Crippen LogP contribution in [0, 0.1) is 11.8 Å². The molecule has 0 aliphatic heterocycles. The summed E-state index contributed by atoms with van der Waals surface area (Å²) in [7, 11) is 0. The molecule has 1 aromatic carbocycles. The molecule has 0 unspecified atom stereocenters. The quantitative estimate of drug-likeness (QED) is 0.463. The molecule has 0 amide bonds. The van der Waals surface area contributed by atoms with Gasteiger partial charge in [0.05, 0.1) is 15.6 Å². The van der Waals surface area contributed by atoms with Crippen molar-refractivity contribution in [2.24, 2.45) is 11.8 Å². The second-order valence-electron chi connectivity index (χ2n) is 5.99. The van der Waals surface area contributed by atoms with Crippen molar-refractivity contribution >= 4 is 31.9 Å². The summed E-state index contributed by atoms with van der Waals surface area (Å²) in [6.45, 7) is 7.40. The highest BCUT2D eigenvalue weighted by atomic mass is 79.9. The molecular weight excluding hydrogens is 398 g/mol. The first-order chi connectivity index (χ1) is 10.1. The number of rotatable bonds is 9. The topological polar surface area (TPSA) is 30.5 Å². The number of ether oxygens (including phenoxy) is 2. The Labute approximate surface area is 144 Å². The molecule has 0 saturated heterocycles. The summed E-state index contributed by atoms with van der Waals surface area (Å²) in [6, 6.07) is 4.18. The lowest BCUT2D eigenvalue weighted by atomic mass is 10.2. The van der Waals surface area contributed by atoms with Gasteiger partial charge in [0, 0.05) is 6.54 Å². The summed E-state index contributed by atoms with van der Waals surface area (Å²) < 4.78 is 13.1. The van der Waals surface area contributed by atoms with Gasteiger partial charge in [0.15, 0.2) is 12.5 Å². The number of hydrogen-bond acceptors (Lipinski definition) is 3. The second-order valence-corrected chi connectivity index (χ2v) is 7.70. The van der Waals surface area contributed by atoms with Gasteiger partial charge in [-0.25, -0.2) is 0 Å². The zero-order valence-electron chi connectivity index (χ0n) is 12.6. The van der Waals surface area contributed by atoms with E-state index >= 15 is 0 Å². The molecule has 0 spiro atoms. The van der Waals surface area contributed by atoms with Crippen molar-refractivity contribution in [2.75, 3.05) is 19.9 Å². The van der Waals surface area contributed by atoms with Crippen molar-refractivity contribution in [1.82, 2.24) is 5.32 Å². The lowest BCUT2D eigenvalue weighted by Crippen LogP contribution is -2.19. The van der Waals surface area contributed by atoms with Crippen molar-refractivity contribution in [1.29, 1.82) is 0 Å². The Hall–Kier alpha value is -0.100. The highest BCUT2D eigenvalue weighted by Crippen LogP contribution is 2.35. The molecule has 3 nitrogen and oxygen atoms in total. The molecule has 0 bridgehead atoms. The van der Waals surface area contributed by atoms with Gasteiger partial charge in [-0.1, -0.05) is 13.8 Å². The van der Waals surface area contributed by atoms with Crippen LogP contribution in [-0.2, 0) is 11.3 Å². The van der Waals surface area contributed by atoms with Crippen LogP contribution in [-0.4, -0.2) is 19.9 Å². The zero-order chi connectivity index (χ0) is 15.2. The highest BCUT2D eigenvalue weighted by molar-refractivity contribution is 9.11. The Morgan fingerprint density at radius 2 is 1.90 bits per heavy atom. The summed E-state index contributed by atoms with van der Waals surface area (Å²) in [5.74, 6) is 2.22. The first kappa shape index (κ1) is 17.3. The molecule has 5 heteroatoms. The summed E-state index contributed by atoms with van der Waals surface area (Å²) in [4.78, 5) is 0. The summed E-state index contributed by atoms with van der Waals surface area (Å²) in [5, 5.41) is 3.44. The van der Waals surface area contributed by atoms with E-state index in [0.717, 1.165) is 40.3 Å². The molecule has 1 saturated carbocycles. The van der Waals surface area contributed by atoms with Crippen LogP contribution < -0.4 is 10.1 Å². The van der Waals surface area contributed by atoms with E-state index in [-0.39, 0.29) is 0 Å². The van der Waals surface area contributed by atoms with Crippen LogP contribution >= 0.6 is 31.9 Å². The zero-order valence-corrected chi connectivity index (χ0v) is 15.8. The summed E-state index contributed by atoms with van der Waals surface area (Å²) in [5.41, 5.74) is 1.22. The number of nitrogens with one attached hydrogen (secondary N) is 1. The van der Waals surface area contributed by atoms with Gasteiger partial charge in [-0.05, 0) is 80.8 Å². The maximum Gasteiger partial charge on any atom is 0.189 e. The first-order valence-electron chi connectivity index (χ1n) is 7.45. The van der Waals surface area contributed by atoms with E-state index in [1.165, 1.54) is 18.4 Å². The third-order valence-electron chi connectivity index (χ3n) is 3.28. The molecule has 1 aliphatic rings. The van der Waals surface area contributed by atoms with Crippen LogP contribution in [0.3, 0.4) is 0 Å². The van der Waals surface area contributed by atoms with E-state index in [2.05, 4.69) is 63.2 Å². The molecule has 1 N–H and O–H groups in total. The van der Waals surface area contributed by atoms with Gasteiger partial charge in [-0.3, -0.25) is 0 Å². The second kappa shape index (κ2) is 8.51. The Morgan fingerprint density at radius 3 is 2.48 bits per heavy atom. The average molecular weight is 421 g/mol. The molecule has 0 radical (unpaired) electrons. The minimum absolute atomic E-state index is 0.304. The Morgan fingerprint density at radius 1 is 1.24 bits per heavy atom. The van der Waals surface area contributed by atoms with Crippen molar-refractivity contribution in [2.45, 2.75) is 33.2 Å². The van der Waals surface area contributed by atoms with Gasteiger partial charge in [0.25, 0.3) is 0 Å². The SMILES string of the molecule is CC(C)CNCc1cc(Br)c(OCOCC2CC2)c(Br)c1. The lowest BCUT2D eigenvalue weighted by Gasteiger charge is -2.13. The molecule has 1 aromatic rings. The molecule has 2 rings (SSSR count). The van der Waals surface area contributed by atoms with Crippen LogP contribution in [0.2, 0.25) is 0 Å². The predicted octanol–water partition coefficient (Wildman–Crippen LogP) is 4.72. The average Bonchev–Trinajstić information content (AvgIpc) is 3.20. The highest BCUT2D eigenvalue weighted by Gasteiger charge is 2.21. The van der Waals surface area contributed by atoms with E-state index < -0.39 is 0 Å². The predicted molar refractivity (Wildman–Crippen MR) is 92.6 cm³/mol. The summed E-state index contributed by atoms with van der Waals surface area (Å²) >= 11 is 7.15. The van der Waals surface area contributed by atoms with Crippen LogP contribution in [0.15, 0.2) is 21.1 Å². The van der Waals surface area contributed by atoms with Crippen LogP contribution in [0.1, 0.15) is 32.3 Å². The standard InChI is InChI=1S/C16H23Br2NO2/c1-11(2)7-19-8-13-5-14(17)16(15(18)6-13)21-10-20-9-12-3-4-12/h5-6,11-12,19H,3-4,7-10H2,1-2H3. The van der Waals surface area contributed by atoms with Crippen LogP contribution in [0.25, 0.3) is 0 Å². The fourth-order valence-corrected chi connectivity index (χ4v) is 3.47. The monoisotopic (exact) mass is 419 g/mol. The van der Waals surface area contributed by atoms with Gasteiger partial charge in [-0.2, -0.15) is 0 Å². The van der Waals surface area contributed by atoms with E-state index in [1.54, 1.807) is 0 Å². The fraction of sp³-hybridized carbons (Fsp3) is 0.625. The van der Waals surface area contributed by atoms with Gasteiger partial charge >= 0.3 is 0 Å². The molecule has 0 heterocycles. The van der Waals surface area contributed by atoms with E-state index in [0.29, 0.717) is 12.7 Å². The fourth-order valence-electron chi connectivity index (χ4n) is 1.96. The van der Waals surface area contributed by atoms with E-state index in [1.807, 2.05) is 0 Å². The van der Waals surface area contributed by atoms with Crippen molar-refractivity contribution in [3.8, 4) is 5.75 Å². The van der Waals surface area contributed by atoms with Crippen molar-refractivity contribution < 1.29 is 9.47 Å².